The summed E-state index contributed by atoms with van der Waals surface area (Å²) in [6, 6.07) is 0. The molecule has 122 valence electrons. The Morgan fingerprint density at radius 3 is 1.50 bits per heavy atom. The molecule has 0 fully saturated rings. The summed E-state index contributed by atoms with van der Waals surface area (Å²) in [4.78, 5) is 0. The van der Waals surface area contributed by atoms with Gasteiger partial charge in [0.15, 0.2) is 0 Å². The molecule has 2 heteroatoms. The number of nitrogens with two attached hydrogens (primary N) is 1. The van der Waals surface area contributed by atoms with Crippen LogP contribution in [0.3, 0.4) is 0 Å². The second-order valence-corrected chi connectivity index (χ2v) is 7.97. The fourth-order valence-electron chi connectivity index (χ4n) is 2.68. The molecule has 1 nitrogen and oxygen atoms in total. The van der Waals surface area contributed by atoms with Crippen molar-refractivity contribution in [3.05, 3.63) is 0 Å². The van der Waals surface area contributed by atoms with Gasteiger partial charge in [-0.3, -0.25) is 0 Å². The van der Waals surface area contributed by atoms with E-state index in [1.165, 1.54) is 96.3 Å². The van der Waals surface area contributed by atoms with Crippen LogP contribution < -0.4 is 5.73 Å². The van der Waals surface area contributed by atoms with E-state index in [0.717, 1.165) is 10.5 Å². The zero-order valence-corrected chi connectivity index (χ0v) is 16.0. The quantitative estimate of drug-likeness (QED) is 0.177. The van der Waals surface area contributed by atoms with Gasteiger partial charge in [-0.15, -0.1) is 0 Å². The van der Waals surface area contributed by atoms with Crippen molar-refractivity contribution in [3.63, 3.8) is 0 Å². The van der Waals surface area contributed by atoms with E-state index in [9.17, 15) is 0 Å². The summed E-state index contributed by atoms with van der Waals surface area (Å²) in [6.45, 7) is 3.16. The lowest BCUT2D eigenvalue weighted by Crippen LogP contribution is -1.98. The highest BCUT2D eigenvalue weighted by Gasteiger charge is 2.03. The topological polar surface area (TPSA) is 26.0 Å². The third kappa shape index (κ3) is 16.7. The number of hydrogen-bond donors (Lipinski definition) is 1. The van der Waals surface area contributed by atoms with Crippen LogP contribution >= 0.6 is 22.6 Å². The number of hydrogen-bond acceptors (Lipinski definition) is 1. The van der Waals surface area contributed by atoms with Gasteiger partial charge in [-0.1, -0.05) is 107 Å². The maximum absolute atomic E-state index is 5.50. The standard InChI is InChI=1S/C18H38IN/c1-2-3-4-5-6-9-12-15-18(19)16-13-10-7-8-11-14-17-20/h18H,2-17,20H2,1H3. The molecular formula is C18H38IN. The predicted octanol–water partition coefficient (Wildman–Crippen LogP) is 6.62. The highest BCUT2D eigenvalue weighted by Crippen LogP contribution is 2.19. The number of unbranched alkanes of at least 4 members (excludes halogenated alkanes) is 11. The minimum atomic E-state index is 0.869. The molecule has 0 amide bonds. The molecule has 2 N–H and O–H groups in total. The van der Waals surface area contributed by atoms with Gasteiger partial charge in [-0.05, 0) is 25.8 Å². The average Bonchev–Trinajstić information content (AvgIpc) is 2.45. The molecule has 0 aliphatic heterocycles. The minimum absolute atomic E-state index is 0.869. The maximum atomic E-state index is 5.50. The Bertz CT molecular complexity index is 155. The Balaban J connectivity index is 3.11. The van der Waals surface area contributed by atoms with Crippen molar-refractivity contribution in [1.82, 2.24) is 0 Å². The van der Waals surface area contributed by atoms with Crippen LogP contribution in [0.1, 0.15) is 103 Å². The lowest BCUT2D eigenvalue weighted by atomic mass is 10.0. The fourth-order valence-corrected chi connectivity index (χ4v) is 3.57. The van der Waals surface area contributed by atoms with Gasteiger partial charge in [0.05, 0.1) is 0 Å². The number of halogens is 1. The molecule has 0 aromatic rings. The van der Waals surface area contributed by atoms with E-state index in [0.29, 0.717) is 0 Å². The van der Waals surface area contributed by atoms with Crippen molar-refractivity contribution in [3.8, 4) is 0 Å². The largest absolute Gasteiger partial charge is 0.330 e. The molecule has 0 bridgehead atoms. The van der Waals surface area contributed by atoms with E-state index in [1.807, 2.05) is 0 Å². The molecule has 0 radical (unpaired) electrons. The molecule has 0 aliphatic carbocycles. The summed E-state index contributed by atoms with van der Waals surface area (Å²) in [5.74, 6) is 0. The first-order valence-electron chi connectivity index (χ1n) is 9.15. The van der Waals surface area contributed by atoms with Crippen LogP contribution in [-0.4, -0.2) is 10.5 Å². The lowest BCUT2D eigenvalue weighted by Gasteiger charge is -2.09. The molecule has 1 unspecified atom stereocenters. The van der Waals surface area contributed by atoms with E-state index in [-0.39, 0.29) is 0 Å². The van der Waals surface area contributed by atoms with Crippen LogP contribution in [0, 0.1) is 0 Å². The second-order valence-electron chi connectivity index (χ2n) is 6.21. The average molecular weight is 395 g/mol. The molecule has 20 heavy (non-hydrogen) atoms. The van der Waals surface area contributed by atoms with Gasteiger partial charge in [0.1, 0.15) is 0 Å². The van der Waals surface area contributed by atoms with Crippen molar-refractivity contribution in [2.45, 2.75) is 107 Å². The third-order valence-electron chi connectivity index (χ3n) is 4.09. The van der Waals surface area contributed by atoms with Gasteiger partial charge in [0.2, 0.25) is 0 Å². The highest BCUT2D eigenvalue weighted by atomic mass is 127. The summed E-state index contributed by atoms with van der Waals surface area (Å²) >= 11 is 2.67. The van der Waals surface area contributed by atoms with Crippen LogP contribution in [0.5, 0.6) is 0 Å². The first-order chi connectivity index (χ1) is 9.81. The van der Waals surface area contributed by atoms with Crippen molar-refractivity contribution in [2.24, 2.45) is 5.73 Å². The third-order valence-corrected chi connectivity index (χ3v) is 5.34. The van der Waals surface area contributed by atoms with Crippen LogP contribution in [0.15, 0.2) is 0 Å². The minimum Gasteiger partial charge on any atom is -0.330 e. The molecule has 0 saturated carbocycles. The van der Waals surface area contributed by atoms with Crippen LogP contribution in [0.2, 0.25) is 0 Å². The normalized spacial score (nSPS) is 12.8. The summed E-state index contributed by atoms with van der Waals surface area (Å²) < 4.78 is 0.923. The van der Waals surface area contributed by atoms with Gasteiger partial charge < -0.3 is 5.73 Å². The molecular weight excluding hydrogens is 357 g/mol. The van der Waals surface area contributed by atoms with Crippen LogP contribution in [-0.2, 0) is 0 Å². The first-order valence-corrected chi connectivity index (χ1v) is 10.4. The van der Waals surface area contributed by atoms with E-state index in [4.69, 9.17) is 5.73 Å². The number of alkyl halides is 1. The Hall–Kier alpha value is 0.690. The molecule has 0 spiro atoms. The molecule has 0 saturated heterocycles. The zero-order chi connectivity index (χ0) is 14.9. The van der Waals surface area contributed by atoms with Gasteiger partial charge in [-0.25, -0.2) is 0 Å². The van der Waals surface area contributed by atoms with Gasteiger partial charge in [0.25, 0.3) is 0 Å². The Kier molecular flexibility index (Phi) is 18.4. The first kappa shape index (κ1) is 20.7. The van der Waals surface area contributed by atoms with E-state index in [2.05, 4.69) is 29.5 Å². The molecule has 0 aromatic heterocycles. The van der Waals surface area contributed by atoms with E-state index in [1.54, 1.807) is 0 Å². The smallest absolute Gasteiger partial charge is 0.0110 e. The summed E-state index contributed by atoms with van der Waals surface area (Å²) in [5.41, 5.74) is 5.50. The summed E-state index contributed by atoms with van der Waals surface area (Å²) in [5, 5.41) is 0. The Morgan fingerprint density at radius 2 is 1.05 bits per heavy atom. The van der Waals surface area contributed by atoms with E-state index < -0.39 is 0 Å². The molecule has 1 atom stereocenters. The van der Waals surface area contributed by atoms with Crippen LogP contribution in [0.25, 0.3) is 0 Å². The van der Waals surface area contributed by atoms with Gasteiger partial charge in [0, 0.05) is 3.92 Å². The summed E-state index contributed by atoms with van der Waals surface area (Å²) in [7, 11) is 0. The fraction of sp³-hybridized carbons (Fsp3) is 1.00. The van der Waals surface area contributed by atoms with Crippen molar-refractivity contribution in [2.75, 3.05) is 6.54 Å². The van der Waals surface area contributed by atoms with Crippen LogP contribution in [0.4, 0.5) is 0 Å². The zero-order valence-electron chi connectivity index (χ0n) is 13.8. The Labute approximate surface area is 142 Å². The molecule has 0 rings (SSSR count). The number of rotatable bonds is 16. The van der Waals surface area contributed by atoms with Crippen molar-refractivity contribution >= 4 is 22.6 Å². The monoisotopic (exact) mass is 395 g/mol. The van der Waals surface area contributed by atoms with Crippen molar-refractivity contribution in [1.29, 1.82) is 0 Å². The lowest BCUT2D eigenvalue weighted by molar-refractivity contribution is 0.544. The van der Waals surface area contributed by atoms with Gasteiger partial charge >= 0.3 is 0 Å². The van der Waals surface area contributed by atoms with Gasteiger partial charge in [-0.2, -0.15) is 0 Å². The van der Waals surface area contributed by atoms with E-state index >= 15 is 0 Å². The second kappa shape index (κ2) is 17.7. The SMILES string of the molecule is CCCCCCCCCC(I)CCCCCCCCN. The van der Waals surface area contributed by atoms with Crippen molar-refractivity contribution < 1.29 is 0 Å². The molecule has 0 aliphatic rings. The maximum Gasteiger partial charge on any atom is 0.0110 e. The molecule has 0 aromatic carbocycles. The molecule has 0 heterocycles. The summed E-state index contributed by atoms with van der Waals surface area (Å²) in [6.07, 6.45) is 21.2. The highest BCUT2D eigenvalue weighted by molar-refractivity contribution is 14.1. The predicted molar refractivity (Wildman–Crippen MR) is 102 cm³/mol. The Morgan fingerprint density at radius 1 is 0.650 bits per heavy atom.